The molecule has 3 rings (SSSR count). The van der Waals surface area contributed by atoms with Crippen LogP contribution in [-0.4, -0.2) is 22.1 Å². The Kier molecular flexibility index (Phi) is 7.07. The van der Waals surface area contributed by atoms with Gasteiger partial charge in [-0.25, -0.2) is 0 Å². The molecule has 2 N–H and O–H groups in total. The van der Waals surface area contributed by atoms with Crippen molar-refractivity contribution in [3.8, 4) is 0 Å². The van der Waals surface area contributed by atoms with E-state index < -0.39 is 0 Å². The Morgan fingerprint density at radius 3 is 2.83 bits per heavy atom. The van der Waals surface area contributed by atoms with Gasteiger partial charge in [-0.2, -0.15) is 0 Å². The number of carbonyl (C=O) groups is 1. The minimum atomic E-state index is -0.235. The summed E-state index contributed by atoms with van der Waals surface area (Å²) in [6.07, 6.45) is 15.1. The van der Waals surface area contributed by atoms with E-state index in [4.69, 9.17) is 0 Å². The summed E-state index contributed by atoms with van der Waals surface area (Å²) < 4.78 is 0. The SMILES string of the molecule is CC(=CC=C[C@@H]1[C@H]2[C@H](C)[C@@H](O)[C@H](C)C[C@@H]2C=C[C@@H]1C)C(=O)NCc1cccnc1. The zero-order valence-electron chi connectivity index (χ0n) is 18.0. The van der Waals surface area contributed by atoms with Gasteiger partial charge in [-0.15, -0.1) is 0 Å². The third-order valence-corrected chi connectivity index (χ3v) is 6.79. The van der Waals surface area contributed by atoms with Crippen LogP contribution in [0.1, 0.15) is 39.7 Å². The average Bonchev–Trinajstić information content (AvgIpc) is 2.72. The van der Waals surface area contributed by atoms with Crippen LogP contribution in [0.25, 0.3) is 0 Å². The minimum absolute atomic E-state index is 0.0664. The van der Waals surface area contributed by atoms with Gasteiger partial charge in [0.25, 0.3) is 0 Å². The summed E-state index contributed by atoms with van der Waals surface area (Å²) in [5, 5.41) is 13.5. The topological polar surface area (TPSA) is 62.2 Å². The van der Waals surface area contributed by atoms with E-state index in [2.05, 4.69) is 49.3 Å². The molecule has 0 radical (unpaired) electrons. The molecule has 4 nitrogen and oxygen atoms in total. The zero-order chi connectivity index (χ0) is 21.0. The highest BCUT2D eigenvalue weighted by Gasteiger charge is 2.44. The summed E-state index contributed by atoms with van der Waals surface area (Å²) >= 11 is 0. The molecule has 0 unspecified atom stereocenters. The second-order valence-electron chi connectivity index (χ2n) is 8.90. The van der Waals surface area contributed by atoms with E-state index in [-0.39, 0.29) is 17.9 Å². The van der Waals surface area contributed by atoms with Crippen LogP contribution in [0.3, 0.4) is 0 Å². The van der Waals surface area contributed by atoms with Crippen LogP contribution in [-0.2, 0) is 11.3 Å². The number of pyridine rings is 1. The number of aliphatic hydroxyl groups is 1. The zero-order valence-corrected chi connectivity index (χ0v) is 18.0. The molecule has 0 saturated heterocycles. The Labute approximate surface area is 174 Å². The lowest BCUT2D eigenvalue weighted by molar-refractivity contribution is -0.117. The molecule has 0 aromatic carbocycles. The van der Waals surface area contributed by atoms with E-state index >= 15 is 0 Å². The lowest BCUT2D eigenvalue weighted by Gasteiger charge is -2.48. The second-order valence-corrected chi connectivity index (χ2v) is 8.90. The normalized spacial score (nSPS) is 34.8. The van der Waals surface area contributed by atoms with Gasteiger partial charge in [0.15, 0.2) is 0 Å². The van der Waals surface area contributed by atoms with Crippen LogP contribution in [0.4, 0.5) is 0 Å². The third-order valence-electron chi connectivity index (χ3n) is 6.79. The van der Waals surface area contributed by atoms with Crippen molar-refractivity contribution in [1.82, 2.24) is 10.3 Å². The first-order valence-electron chi connectivity index (χ1n) is 10.8. The quantitative estimate of drug-likeness (QED) is 0.445. The molecule has 1 aromatic heterocycles. The number of hydrogen-bond donors (Lipinski definition) is 2. The van der Waals surface area contributed by atoms with E-state index in [1.807, 2.05) is 31.2 Å². The van der Waals surface area contributed by atoms with Crippen LogP contribution in [0.15, 0.2) is 60.5 Å². The second kappa shape index (κ2) is 9.53. The summed E-state index contributed by atoms with van der Waals surface area (Å²) in [4.78, 5) is 16.4. The van der Waals surface area contributed by atoms with E-state index in [1.165, 1.54) is 0 Å². The van der Waals surface area contributed by atoms with Gasteiger partial charge in [0.05, 0.1) is 6.10 Å². The van der Waals surface area contributed by atoms with E-state index in [1.54, 1.807) is 12.4 Å². The maximum atomic E-state index is 12.3. The first-order valence-corrected chi connectivity index (χ1v) is 10.8. The standard InChI is InChI=1S/C25H34N2O2/c1-16-10-11-21-13-18(3)24(28)19(4)23(21)22(16)9-5-7-17(2)25(29)27-15-20-8-6-12-26-14-20/h5-12,14,16,18-19,21-24,28H,13,15H2,1-4H3,(H,27,29)/t16-,18+,19-,21-,22-,23-,24-/m0/s1. The predicted octanol–water partition coefficient (Wildman–Crippen LogP) is 4.29. The molecule has 2 aliphatic rings. The average molecular weight is 395 g/mol. The number of nitrogens with zero attached hydrogens (tertiary/aromatic N) is 1. The summed E-state index contributed by atoms with van der Waals surface area (Å²) in [6.45, 7) is 8.91. The fourth-order valence-electron chi connectivity index (χ4n) is 5.03. The van der Waals surface area contributed by atoms with Crippen molar-refractivity contribution in [1.29, 1.82) is 0 Å². The molecule has 1 aromatic rings. The molecular formula is C25H34N2O2. The first-order chi connectivity index (χ1) is 13.9. The number of fused-ring (bicyclic) bond motifs is 1. The number of amides is 1. The van der Waals surface area contributed by atoms with Crippen molar-refractivity contribution in [2.75, 3.05) is 0 Å². The lowest BCUT2D eigenvalue weighted by atomic mass is 9.58. The molecule has 1 fully saturated rings. The molecule has 1 saturated carbocycles. The molecule has 29 heavy (non-hydrogen) atoms. The van der Waals surface area contributed by atoms with Gasteiger partial charge in [-0.1, -0.05) is 57.2 Å². The number of carbonyl (C=O) groups excluding carboxylic acids is 1. The van der Waals surface area contributed by atoms with Gasteiger partial charge in [-0.3, -0.25) is 9.78 Å². The number of nitrogens with one attached hydrogen (secondary N) is 1. The van der Waals surface area contributed by atoms with Gasteiger partial charge in [0.1, 0.15) is 0 Å². The van der Waals surface area contributed by atoms with E-state index in [0.717, 1.165) is 12.0 Å². The van der Waals surface area contributed by atoms with Crippen LogP contribution in [0.5, 0.6) is 0 Å². The highest BCUT2D eigenvalue weighted by Crippen LogP contribution is 2.48. The van der Waals surface area contributed by atoms with E-state index in [9.17, 15) is 9.90 Å². The maximum Gasteiger partial charge on any atom is 0.247 e. The Morgan fingerprint density at radius 1 is 1.31 bits per heavy atom. The Balaban J connectivity index is 1.64. The number of rotatable bonds is 5. The fourth-order valence-corrected chi connectivity index (χ4v) is 5.03. The van der Waals surface area contributed by atoms with Crippen LogP contribution in [0, 0.1) is 35.5 Å². The number of aromatic nitrogens is 1. The monoisotopic (exact) mass is 394 g/mol. The molecular weight excluding hydrogens is 360 g/mol. The van der Waals surface area contributed by atoms with Crippen molar-refractivity contribution < 1.29 is 9.90 Å². The molecule has 0 bridgehead atoms. The number of hydrogen-bond acceptors (Lipinski definition) is 3. The van der Waals surface area contributed by atoms with Crippen LogP contribution in [0.2, 0.25) is 0 Å². The molecule has 1 heterocycles. The van der Waals surface area contributed by atoms with Crippen molar-refractivity contribution >= 4 is 5.91 Å². The largest absolute Gasteiger partial charge is 0.393 e. The predicted molar refractivity (Wildman–Crippen MR) is 117 cm³/mol. The van der Waals surface area contributed by atoms with Gasteiger partial charge in [-0.05, 0) is 60.5 Å². The van der Waals surface area contributed by atoms with Crippen molar-refractivity contribution in [2.45, 2.75) is 46.8 Å². The lowest BCUT2D eigenvalue weighted by Crippen LogP contribution is -2.46. The molecule has 4 heteroatoms. The molecule has 2 aliphatic carbocycles. The maximum absolute atomic E-state index is 12.3. The van der Waals surface area contributed by atoms with Gasteiger partial charge >= 0.3 is 0 Å². The third kappa shape index (κ3) is 5.05. The summed E-state index contributed by atoms with van der Waals surface area (Å²) in [7, 11) is 0. The minimum Gasteiger partial charge on any atom is -0.393 e. The van der Waals surface area contributed by atoms with Crippen LogP contribution < -0.4 is 5.32 Å². The van der Waals surface area contributed by atoms with Gasteiger partial charge in [0, 0.05) is 24.5 Å². The highest BCUT2D eigenvalue weighted by atomic mass is 16.3. The summed E-state index contributed by atoms with van der Waals surface area (Å²) in [5.41, 5.74) is 1.67. The Hall–Kier alpha value is -2.20. The van der Waals surface area contributed by atoms with Crippen molar-refractivity contribution in [3.05, 3.63) is 66.0 Å². The van der Waals surface area contributed by atoms with Crippen molar-refractivity contribution in [2.24, 2.45) is 35.5 Å². The van der Waals surface area contributed by atoms with Crippen molar-refractivity contribution in [3.63, 3.8) is 0 Å². The molecule has 156 valence electrons. The first kappa shape index (κ1) is 21.5. The molecule has 7 atom stereocenters. The molecule has 0 aliphatic heterocycles. The molecule has 0 spiro atoms. The fraction of sp³-hybridized carbons (Fsp3) is 0.520. The summed E-state index contributed by atoms with van der Waals surface area (Å²) in [5.74, 6) is 2.35. The Morgan fingerprint density at radius 2 is 2.10 bits per heavy atom. The highest BCUT2D eigenvalue weighted by molar-refractivity contribution is 5.93. The smallest absolute Gasteiger partial charge is 0.247 e. The van der Waals surface area contributed by atoms with Crippen LogP contribution >= 0.6 is 0 Å². The molecule has 1 amide bonds. The Bertz CT molecular complexity index is 783. The number of aliphatic hydroxyl groups excluding tert-OH is 1. The number of allylic oxidation sites excluding steroid dienone is 5. The van der Waals surface area contributed by atoms with Gasteiger partial charge < -0.3 is 10.4 Å². The van der Waals surface area contributed by atoms with E-state index in [0.29, 0.717) is 41.7 Å². The van der Waals surface area contributed by atoms with Gasteiger partial charge in [0.2, 0.25) is 5.91 Å². The summed E-state index contributed by atoms with van der Waals surface area (Å²) in [6, 6.07) is 3.81.